The van der Waals surface area contributed by atoms with Crippen LogP contribution in [0.1, 0.15) is 5.56 Å². The molecule has 1 heterocycles. The number of hydrogen-bond donors (Lipinski definition) is 2. The molecule has 0 aliphatic heterocycles. The molecule has 0 saturated heterocycles. The summed E-state index contributed by atoms with van der Waals surface area (Å²) in [5.74, 6) is -4.61. The van der Waals surface area contributed by atoms with Gasteiger partial charge in [-0.3, -0.25) is 4.72 Å². The molecule has 2 aromatic rings. The summed E-state index contributed by atoms with van der Waals surface area (Å²) < 4.78 is 64.6. The van der Waals surface area contributed by atoms with Gasteiger partial charge >= 0.3 is 0 Å². The molecule has 9 heteroatoms. The second-order valence-electron chi connectivity index (χ2n) is 3.84. The normalized spacial score (nSPS) is 11.6. The number of nitrogens with one attached hydrogen (secondary N) is 1. The molecule has 20 heavy (non-hydrogen) atoms. The fraction of sp³-hybridized carbons (Fsp3) is 0.0909. The molecule has 0 atom stereocenters. The Bertz CT molecular complexity index is 721. The third kappa shape index (κ3) is 2.94. The van der Waals surface area contributed by atoms with Gasteiger partial charge in [-0.15, -0.1) is 11.3 Å². The number of hydrogen-bond acceptors (Lipinski definition) is 4. The highest BCUT2D eigenvalue weighted by Gasteiger charge is 2.19. The average Bonchev–Trinajstić information content (AvgIpc) is 2.85. The van der Waals surface area contributed by atoms with E-state index in [1.165, 1.54) is 6.07 Å². The molecule has 0 amide bonds. The molecule has 0 saturated carbocycles. The van der Waals surface area contributed by atoms with Gasteiger partial charge in [-0.25, -0.2) is 21.6 Å². The monoisotopic (exact) mass is 322 g/mol. The van der Waals surface area contributed by atoms with Crippen molar-refractivity contribution >= 4 is 27.0 Å². The Labute approximate surface area is 117 Å². The lowest BCUT2D eigenvalue weighted by Crippen LogP contribution is -2.12. The van der Waals surface area contributed by atoms with E-state index < -0.39 is 33.2 Å². The Morgan fingerprint density at radius 2 is 1.75 bits per heavy atom. The van der Waals surface area contributed by atoms with Gasteiger partial charge in [0.1, 0.15) is 4.21 Å². The number of sulfonamides is 1. The highest BCUT2D eigenvalue weighted by atomic mass is 32.2. The second-order valence-corrected chi connectivity index (χ2v) is 6.66. The van der Waals surface area contributed by atoms with E-state index >= 15 is 0 Å². The summed E-state index contributed by atoms with van der Waals surface area (Å²) in [5, 5.41) is 1.56. The summed E-state index contributed by atoms with van der Waals surface area (Å²) in [6.07, 6.45) is 0. The van der Waals surface area contributed by atoms with E-state index in [0.717, 1.165) is 11.3 Å². The van der Waals surface area contributed by atoms with E-state index in [9.17, 15) is 21.6 Å². The van der Waals surface area contributed by atoms with E-state index in [4.69, 9.17) is 5.73 Å². The van der Waals surface area contributed by atoms with Crippen molar-refractivity contribution in [1.29, 1.82) is 0 Å². The van der Waals surface area contributed by atoms with Gasteiger partial charge < -0.3 is 5.73 Å². The zero-order chi connectivity index (χ0) is 14.9. The summed E-state index contributed by atoms with van der Waals surface area (Å²) in [5.41, 5.74) is 5.58. The Balaban J connectivity index is 2.33. The Morgan fingerprint density at radius 3 is 2.25 bits per heavy atom. The van der Waals surface area contributed by atoms with Crippen molar-refractivity contribution in [2.75, 3.05) is 4.72 Å². The molecule has 0 spiro atoms. The van der Waals surface area contributed by atoms with Gasteiger partial charge in [0.2, 0.25) is 0 Å². The first kappa shape index (κ1) is 14.8. The van der Waals surface area contributed by atoms with Gasteiger partial charge in [0, 0.05) is 18.7 Å². The summed E-state index contributed by atoms with van der Waals surface area (Å²) in [4.78, 5) is 0. The first-order valence-corrected chi connectivity index (χ1v) is 7.64. The van der Waals surface area contributed by atoms with Crippen LogP contribution < -0.4 is 10.5 Å². The summed E-state index contributed by atoms with van der Waals surface area (Å²) in [6.45, 7) is 0.172. The molecule has 1 aromatic carbocycles. The van der Waals surface area contributed by atoms with Crippen molar-refractivity contribution < 1.29 is 21.6 Å². The standard InChI is InChI=1S/C11H9F3N2O2S2/c12-8-2-7(3-9(13)11(8)14)16-20(17,18)10-1-6(4-15)5-19-10/h1-3,5,16H,4,15H2. The minimum absolute atomic E-state index is 0.0527. The van der Waals surface area contributed by atoms with Crippen molar-refractivity contribution in [1.82, 2.24) is 0 Å². The number of rotatable bonds is 4. The van der Waals surface area contributed by atoms with E-state index in [0.29, 0.717) is 17.7 Å². The van der Waals surface area contributed by atoms with Gasteiger partial charge in [0.05, 0.1) is 5.69 Å². The van der Waals surface area contributed by atoms with Crippen LogP contribution >= 0.6 is 11.3 Å². The van der Waals surface area contributed by atoms with Crippen LogP contribution in [-0.4, -0.2) is 8.42 Å². The van der Waals surface area contributed by atoms with E-state index in [2.05, 4.69) is 0 Å². The number of benzene rings is 1. The molecule has 0 fully saturated rings. The van der Waals surface area contributed by atoms with Gasteiger partial charge in [0.15, 0.2) is 17.5 Å². The van der Waals surface area contributed by atoms with Crippen LogP contribution in [0.3, 0.4) is 0 Å². The molecule has 2 rings (SSSR count). The maximum atomic E-state index is 13.0. The fourth-order valence-corrected chi connectivity index (χ4v) is 3.68. The maximum Gasteiger partial charge on any atom is 0.271 e. The van der Waals surface area contributed by atoms with Crippen molar-refractivity contribution in [2.45, 2.75) is 10.8 Å². The zero-order valence-corrected chi connectivity index (χ0v) is 11.5. The quantitative estimate of drug-likeness (QED) is 0.849. The molecule has 3 N–H and O–H groups in total. The van der Waals surface area contributed by atoms with Gasteiger partial charge in [0.25, 0.3) is 10.0 Å². The van der Waals surface area contributed by atoms with Gasteiger partial charge in [-0.2, -0.15) is 0 Å². The molecule has 4 nitrogen and oxygen atoms in total. The van der Waals surface area contributed by atoms with Crippen molar-refractivity contribution in [3.63, 3.8) is 0 Å². The minimum atomic E-state index is -3.99. The molecular weight excluding hydrogens is 313 g/mol. The molecule has 0 aliphatic carbocycles. The lowest BCUT2D eigenvalue weighted by Gasteiger charge is -2.07. The van der Waals surface area contributed by atoms with Crippen LogP contribution in [0, 0.1) is 17.5 Å². The van der Waals surface area contributed by atoms with Crippen molar-refractivity contribution in [2.24, 2.45) is 5.73 Å². The summed E-state index contributed by atoms with van der Waals surface area (Å²) >= 11 is 0.920. The summed E-state index contributed by atoms with van der Waals surface area (Å²) in [6, 6.07) is 2.48. The first-order valence-electron chi connectivity index (χ1n) is 5.28. The van der Waals surface area contributed by atoms with Crippen LogP contribution in [0.4, 0.5) is 18.9 Å². The number of anilines is 1. The van der Waals surface area contributed by atoms with E-state index in [1.54, 1.807) is 5.38 Å². The lowest BCUT2D eigenvalue weighted by molar-refractivity contribution is 0.448. The SMILES string of the molecule is NCc1csc(S(=O)(=O)Nc2cc(F)c(F)c(F)c2)c1. The number of thiophene rings is 1. The predicted octanol–water partition coefficient (Wildman–Crippen LogP) is 2.42. The van der Waals surface area contributed by atoms with Crippen molar-refractivity contribution in [3.05, 3.63) is 46.6 Å². The number of halogens is 3. The predicted molar refractivity (Wildman–Crippen MR) is 69.3 cm³/mol. The van der Waals surface area contributed by atoms with Crippen LogP contribution in [0.25, 0.3) is 0 Å². The second kappa shape index (κ2) is 5.43. The van der Waals surface area contributed by atoms with Crippen molar-refractivity contribution in [3.8, 4) is 0 Å². The topological polar surface area (TPSA) is 72.2 Å². The van der Waals surface area contributed by atoms with Crippen LogP contribution in [0.5, 0.6) is 0 Å². The van der Waals surface area contributed by atoms with Crippen LogP contribution in [0.15, 0.2) is 27.8 Å². The Morgan fingerprint density at radius 1 is 1.15 bits per heavy atom. The number of nitrogens with two attached hydrogens (primary N) is 1. The molecule has 0 unspecified atom stereocenters. The molecular formula is C11H9F3N2O2S2. The van der Waals surface area contributed by atoms with Crippen LogP contribution in [0.2, 0.25) is 0 Å². The Hall–Kier alpha value is -1.58. The van der Waals surface area contributed by atoms with Crippen LogP contribution in [-0.2, 0) is 16.6 Å². The highest BCUT2D eigenvalue weighted by Crippen LogP contribution is 2.24. The van der Waals surface area contributed by atoms with Gasteiger partial charge in [-0.1, -0.05) is 0 Å². The summed E-state index contributed by atoms with van der Waals surface area (Å²) in [7, 11) is -3.99. The molecule has 0 aliphatic rings. The van der Waals surface area contributed by atoms with E-state index in [1.807, 2.05) is 4.72 Å². The average molecular weight is 322 g/mol. The van der Waals surface area contributed by atoms with E-state index in [-0.39, 0.29) is 10.8 Å². The third-order valence-corrected chi connectivity index (χ3v) is 5.24. The first-order chi connectivity index (χ1) is 9.33. The fourth-order valence-electron chi connectivity index (χ4n) is 1.42. The minimum Gasteiger partial charge on any atom is -0.326 e. The molecule has 108 valence electrons. The maximum absolute atomic E-state index is 13.0. The molecule has 0 radical (unpaired) electrons. The lowest BCUT2D eigenvalue weighted by atomic mass is 10.3. The Kier molecular flexibility index (Phi) is 4.02. The highest BCUT2D eigenvalue weighted by molar-refractivity contribution is 7.94. The third-order valence-electron chi connectivity index (χ3n) is 2.37. The van der Waals surface area contributed by atoms with Gasteiger partial charge in [-0.05, 0) is 17.0 Å². The zero-order valence-electron chi connectivity index (χ0n) is 9.86. The largest absolute Gasteiger partial charge is 0.326 e. The molecule has 0 bridgehead atoms. The smallest absolute Gasteiger partial charge is 0.271 e. The molecule has 1 aromatic heterocycles.